The van der Waals surface area contributed by atoms with Gasteiger partial charge in [0.05, 0.1) is 24.9 Å². The maximum absolute atomic E-state index is 12.2. The molecule has 0 amide bonds. The summed E-state index contributed by atoms with van der Waals surface area (Å²) < 4.78 is 12.8. The van der Waals surface area contributed by atoms with E-state index < -0.39 is 5.76 Å². The number of halogens is 1. The maximum atomic E-state index is 12.2. The summed E-state index contributed by atoms with van der Waals surface area (Å²) in [5, 5.41) is 6.71. The van der Waals surface area contributed by atoms with Crippen LogP contribution in [0.2, 0.25) is 0 Å². The standard InChI is InChI=1S/C20H16BrN3O3S/c1-12-5-3-4-6-15(12)18-23-27-20(25)24(18)10-14-11-28-19(22-14)16-9-13(21)7-8-17(16)26-2/h3-9,11H,10H2,1-2H3. The molecule has 8 heteroatoms. The molecule has 0 bridgehead atoms. The molecule has 0 aliphatic heterocycles. The Morgan fingerprint density at radius 1 is 1.21 bits per heavy atom. The Hall–Kier alpha value is -2.71. The first kappa shape index (κ1) is 18.6. The number of ether oxygens (including phenoxy) is 1. The van der Waals surface area contributed by atoms with Gasteiger partial charge in [-0.2, -0.15) is 0 Å². The minimum absolute atomic E-state index is 0.277. The maximum Gasteiger partial charge on any atom is 0.442 e. The van der Waals surface area contributed by atoms with E-state index in [1.165, 1.54) is 15.9 Å². The number of aromatic nitrogens is 3. The molecule has 142 valence electrons. The molecular formula is C20H16BrN3O3S. The van der Waals surface area contributed by atoms with E-state index in [-0.39, 0.29) is 6.54 Å². The van der Waals surface area contributed by atoms with Crippen molar-refractivity contribution in [3.8, 4) is 27.7 Å². The fraction of sp³-hybridized carbons (Fsp3) is 0.150. The van der Waals surface area contributed by atoms with Gasteiger partial charge in [0.15, 0.2) is 5.82 Å². The highest BCUT2D eigenvalue weighted by atomic mass is 79.9. The Morgan fingerprint density at radius 3 is 2.82 bits per heavy atom. The summed E-state index contributed by atoms with van der Waals surface area (Å²) in [4.78, 5) is 16.9. The van der Waals surface area contributed by atoms with Crippen LogP contribution in [0.15, 0.2) is 61.6 Å². The molecule has 2 heterocycles. The molecule has 0 fully saturated rings. The van der Waals surface area contributed by atoms with Gasteiger partial charge in [-0.15, -0.1) is 11.3 Å². The number of methoxy groups -OCH3 is 1. The number of benzene rings is 2. The SMILES string of the molecule is COc1ccc(Br)cc1-c1nc(Cn2c(-c3ccccc3C)noc2=O)cs1. The lowest BCUT2D eigenvalue weighted by Crippen LogP contribution is -2.16. The van der Waals surface area contributed by atoms with Gasteiger partial charge in [-0.1, -0.05) is 45.4 Å². The molecule has 0 aliphatic rings. The van der Waals surface area contributed by atoms with Crippen molar-refractivity contribution in [2.45, 2.75) is 13.5 Å². The highest BCUT2D eigenvalue weighted by molar-refractivity contribution is 9.10. The van der Waals surface area contributed by atoms with Crippen LogP contribution in [0.1, 0.15) is 11.3 Å². The number of hydrogen-bond acceptors (Lipinski definition) is 6. The van der Waals surface area contributed by atoms with Gasteiger partial charge in [-0.3, -0.25) is 9.09 Å². The average molecular weight is 458 g/mol. The molecule has 0 unspecified atom stereocenters. The molecule has 0 aliphatic carbocycles. The second-order valence-electron chi connectivity index (χ2n) is 6.16. The van der Waals surface area contributed by atoms with Gasteiger partial charge in [0.1, 0.15) is 10.8 Å². The Bertz CT molecular complexity index is 1200. The minimum atomic E-state index is -0.507. The van der Waals surface area contributed by atoms with Crippen LogP contribution in [0.4, 0.5) is 0 Å². The van der Waals surface area contributed by atoms with Crippen LogP contribution >= 0.6 is 27.3 Å². The molecule has 4 aromatic rings. The minimum Gasteiger partial charge on any atom is -0.496 e. The van der Waals surface area contributed by atoms with Gasteiger partial charge in [0, 0.05) is 15.4 Å². The lowest BCUT2D eigenvalue weighted by molar-refractivity contribution is 0.378. The molecule has 0 saturated heterocycles. The van der Waals surface area contributed by atoms with Gasteiger partial charge < -0.3 is 4.74 Å². The smallest absolute Gasteiger partial charge is 0.442 e. The van der Waals surface area contributed by atoms with Crippen LogP contribution < -0.4 is 10.5 Å². The van der Waals surface area contributed by atoms with E-state index in [9.17, 15) is 4.79 Å². The van der Waals surface area contributed by atoms with Crippen molar-refractivity contribution in [1.29, 1.82) is 0 Å². The van der Waals surface area contributed by atoms with Crippen molar-refractivity contribution >= 4 is 27.3 Å². The topological polar surface area (TPSA) is 70.2 Å². The summed E-state index contributed by atoms with van der Waals surface area (Å²) in [6.07, 6.45) is 0. The molecule has 0 N–H and O–H groups in total. The summed E-state index contributed by atoms with van der Waals surface area (Å²) >= 11 is 4.98. The van der Waals surface area contributed by atoms with Crippen molar-refractivity contribution < 1.29 is 9.26 Å². The summed E-state index contributed by atoms with van der Waals surface area (Å²) in [7, 11) is 1.63. The van der Waals surface area contributed by atoms with Crippen LogP contribution in [-0.4, -0.2) is 21.8 Å². The summed E-state index contributed by atoms with van der Waals surface area (Å²) in [5.74, 6) is 0.734. The Morgan fingerprint density at radius 2 is 2.04 bits per heavy atom. The van der Waals surface area contributed by atoms with E-state index in [1.807, 2.05) is 54.8 Å². The number of rotatable bonds is 5. The molecule has 0 spiro atoms. The van der Waals surface area contributed by atoms with E-state index in [2.05, 4.69) is 21.1 Å². The van der Waals surface area contributed by atoms with Crippen LogP contribution in [0.3, 0.4) is 0 Å². The zero-order chi connectivity index (χ0) is 19.7. The third-order valence-electron chi connectivity index (χ3n) is 4.34. The summed E-state index contributed by atoms with van der Waals surface area (Å²) in [6.45, 7) is 2.25. The number of thiazole rings is 1. The Labute approximate surface area is 173 Å². The predicted molar refractivity (Wildman–Crippen MR) is 112 cm³/mol. The lowest BCUT2D eigenvalue weighted by Gasteiger charge is -2.07. The van der Waals surface area contributed by atoms with Crippen molar-refractivity contribution in [1.82, 2.24) is 14.7 Å². The van der Waals surface area contributed by atoms with Crippen LogP contribution in [0.25, 0.3) is 22.0 Å². The zero-order valence-corrected chi connectivity index (χ0v) is 17.6. The first-order valence-corrected chi connectivity index (χ1v) is 10.1. The van der Waals surface area contributed by atoms with E-state index in [0.29, 0.717) is 5.82 Å². The van der Waals surface area contributed by atoms with Crippen molar-refractivity contribution in [2.75, 3.05) is 7.11 Å². The van der Waals surface area contributed by atoms with Crippen molar-refractivity contribution in [3.05, 3.63) is 74.1 Å². The van der Waals surface area contributed by atoms with Crippen molar-refractivity contribution in [3.63, 3.8) is 0 Å². The summed E-state index contributed by atoms with van der Waals surface area (Å²) in [5.41, 5.74) is 3.52. The Kier molecular flexibility index (Phi) is 5.15. The van der Waals surface area contributed by atoms with Gasteiger partial charge in [0.2, 0.25) is 0 Å². The predicted octanol–water partition coefficient (Wildman–Crippen LogP) is 4.75. The molecule has 0 radical (unpaired) electrons. The summed E-state index contributed by atoms with van der Waals surface area (Å²) in [6, 6.07) is 13.5. The molecule has 4 rings (SSSR count). The number of nitrogens with zero attached hydrogens (tertiary/aromatic N) is 3. The zero-order valence-electron chi connectivity index (χ0n) is 15.2. The highest BCUT2D eigenvalue weighted by Gasteiger charge is 2.17. The van der Waals surface area contributed by atoms with E-state index in [4.69, 9.17) is 14.2 Å². The van der Waals surface area contributed by atoms with E-state index >= 15 is 0 Å². The molecule has 0 saturated carbocycles. The van der Waals surface area contributed by atoms with E-state index in [1.54, 1.807) is 7.11 Å². The Balaban J connectivity index is 1.70. The molecular weight excluding hydrogens is 442 g/mol. The first-order chi connectivity index (χ1) is 13.6. The monoisotopic (exact) mass is 457 g/mol. The lowest BCUT2D eigenvalue weighted by atomic mass is 10.1. The van der Waals surface area contributed by atoms with Crippen molar-refractivity contribution in [2.24, 2.45) is 0 Å². The molecule has 0 atom stereocenters. The molecule has 28 heavy (non-hydrogen) atoms. The highest BCUT2D eigenvalue weighted by Crippen LogP contribution is 2.34. The van der Waals surface area contributed by atoms with Crippen LogP contribution in [0, 0.1) is 6.92 Å². The van der Waals surface area contributed by atoms with Gasteiger partial charge in [-0.25, -0.2) is 9.78 Å². The quantitative estimate of drug-likeness (QED) is 0.432. The third kappa shape index (κ3) is 3.53. The fourth-order valence-corrected chi connectivity index (χ4v) is 4.13. The normalized spacial score (nSPS) is 11.0. The number of aryl methyl sites for hydroxylation is 1. The van der Waals surface area contributed by atoms with Crippen LogP contribution in [-0.2, 0) is 6.54 Å². The van der Waals surface area contributed by atoms with E-state index in [0.717, 1.165) is 37.6 Å². The number of hydrogen-bond donors (Lipinski definition) is 0. The second kappa shape index (κ2) is 7.73. The first-order valence-electron chi connectivity index (χ1n) is 8.47. The molecule has 2 aromatic carbocycles. The molecule has 6 nitrogen and oxygen atoms in total. The van der Waals surface area contributed by atoms with Gasteiger partial charge in [-0.05, 0) is 30.7 Å². The van der Waals surface area contributed by atoms with Gasteiger partial charge >= 0.3 is 5.76 Å². The average Bonchev–Trinajstić information content (AvgIpc) is 3.30. The third-order valence-corrected chi connectivity index (χ3v) is 5.75. The molecule has 2 aromatic heterocycles. The van der Waals surface area contributed by atoms with Gasteiger partial charge in [0.25, 0.3) is 0 Å². The second-order valence-corrected chi connectivity index (χ2v) is 7.94. The largest absolute Gasteiger partial charge is 0.496 e. The van der Waals surface area contributed by atoms with Crippen LogP contribution in [0.5, 0.6) is 5.75 Å². The fourth-order valence-electron chi connectivity index (χ4n) is 2.94.